The molecule has 2 aromatic carbocycles. The van der Waals surface area contributed by atoms with E-state index in [1.165, 1.54) is 25.0 Å². The number of amides is 2. The Labute approximate surface area is 165 Å². The van der Waals surface area contributed by atoms with Crippen LogP contribution in [0.15, 0.2) is 49.0 Å². The van der Waals surface area contributed by atoms with Gasteiger partial charge < -0.3 is 4.90 Å². The average molecular weight is 379 g/mol. The molecule has 0 spiro atoms. The van der Waals surface area contributed by atoms with Gasteiger partial charge in [-0.2, -0.15) is 0 Å². The van der Waals surface area contributed by atoms with Gasteiger partial charge in [0.15, 0.2) is 0 Å². The van der Waals surface area contributed by atoms with E-state index in [1.54, 1.807) is 17.0 Å². The first-order valence-electron chi connectivity index (χ1n) is 9.89. The standard InChI is InChI=1S/C23H26FN3O/c1-17-5-10-22-21(15-17)18(2)27(16-19-6-8-20(24)9-7-19)23(28)26(22)14-13-25-11-3-4-12-25/h5-10,15H,2-4,11-14,16H2,1H3. The van der Waals surface area contributed by atoms with Crippen LogP contribution >= 0.6 is 0 Å². The SMILES string of the molecule is C=C1c2cc(C)ccc2N(CCN2CCCC2)C(=O)N1Cc1ccc(F)cc1. The van der Waals surface area contributed by atoms with Gasteiger partial charge in [0, 0.05) is 24.4 Å². The fourth-order valence-electron chi connectivity index (χ4n) is 4.03. The molecule has 0 N–H and O–H groups in total. The van der Waals surface area contributed by atoms with Crippen LogP contribution in [0.5, 0.6) is 0 Å². The van der Waals surface area contributed by atoms with Crippen LogP contribution in [0.25, 0.3) is 5.70 Å². The van der Waals surface area contributed by atoms with Crippen LogP contribution in [0.3, 0.4) is 0 Å². The Morgan fingerprint density at radius 2 is 1.71 bits per heavy atom. The fraction of sp³-hybridized carbons (Fsp3) is 0.348. The topological polar surface area (TPSA) is 26.8 Å². The normalized spacial score (nSPS) is 17.4. The molecule has 1 saturated heterocycles. The van der Waals surface area contributed by atoms with E-state index in [4.69, 9.17) is 0 Å². The fourth-order valence-corrected chi connectivity index (χ4v) is 4.03. The zero-order chi connectivity index (χ0) is 19.7. The van der Waals surface area contributed by atoms with Gasteiger partial charge in [-0.3, -0.25) is 9.80 Å². The Balaban J connectivity index is 1.62. The molecule has 2 aromatic rings. The van der Waals surface area contributed by atoms with Crippen molar-refractivity contribution in [1.82, 2.24) is 9.80 Å². The van der Waals surface area contributed by atoms with Crippen molar-refractivity contribution in [3.63, 3.8) is 0 Å². The molecule has 0 atom stereocenters. The number of nitrogens with zero attached hydrogens (tertiary/aromatic N) is 3. The largest absolute Gasteiger partial charge is 0.329 e. The molecule has 2 amide bonds. The first-order chi connectivity index (χ1) is 13.5. The molecule has 0 saturated carbocycles. The van der Waals surface area contributed by atoms with E-state index < -0.39 is 0 Å². The smallest absolute Gasteiger partial charge is 0.302 e. The van der Waals surface area contributed by atoms with Gasteiger partial charge in [-0.25, -0.2) is 9.18 Å². The third kappa shape index (κ3) is 3.67. The lowest BCUT2D eigenvalue weighted by Gasteiger charge is -2.39. The van der Waals surface area contributed by atoms with Crippen molar-refractivity contribution >= 4 is 17.4 Å². The zero-order valence-corrected chi connectivity index (χ0v) is 16.3. The van der Waals surface area contributed by atoms with Crippen LogP contribution < -0.4 is 4.90 Å². The van der Waals surface area contributed by atoms with E-state index in [0.29, 0.717) is 18.8 Å². The molecular formula is C23H26FN3O. The first-order valence-corrected chi connectivity index (χ1v) is 9.89. The number of hydrogen-bond acceptors (Lipinski definition) is 2. The van der Waals surface area contributed by atoms with Crippen LogP contribution in [0, 0.1) is 12.7 Å². The number of hydrogen-bond donors (Lipinski definition) is 0. The summed E-state index contributed by atoms with van der Waals surface area (Å²) in [6, 6.07) is 12.4. The van der Waals surface area contributed by atoms with E-state index in [-0.39, 0.29) is 11.8 Å². The highest BCUT2D eigenvalue weighted by Crippen LogP contribution is 2.36. The third-order valence-corrected chi connectivity index (χ3v) is 5.63. The van der Waals surface area contributed by atoms with Crippen molar-refractivity contribution in [2.24, 2.45) is 0 Å². The summed E-state index contributed by atoms with van der Waals surface area (Å²) < 4.78 is 13.3. The van der Waals surface area contributed by atoms with Gasteiger partial charge in [0.05, 0.1) is 12.2 Å². The number of benzene rings is 2. The minimum atomic E-state index is -0.277. The van der Waals surface area contributed by atoms with Gasteiger partial charge in [0.1, 0.15) is 5.82 Å². The van der Waals surface area contributed by atoms with E-state index in [2.05, 4.69) is 17.5 Å². The van der Waals surface area contributed by atoms with E-state index in [0.717, 1.165) is 42.0 Å². The Morgan fingerprint density at radius 1 is 1.00 bits per heavy atom. The summed E-state index contributed by atoms with van der Waals surface area (Å²) in [6.45, 7) is 10.4. The Hall–Kier alpha value is -2.66. The zero-order valence-electron chi connectivity index (χ0n) is 16.3. The van der Waals surface area contributed by atoms with Gasteiger partial charge in [-0.15, -0.1) is 0 Å². The summed E-state index contributed by atoms with van der Waals surface area (Å²) in [5.74, 6) is -0.277. The number of carbonyl (C=O) groups excluding carboxylic acids is 1. The predicted molar refractivity (Wildman–Crippen MR) is 111 cm³/mol. The number of aryl methyl sites for hydroxylation is 1. The molecule has 1 fully saturated rings. The van der Waals surface area contributed by atoms with Crippen LogP contribution in [0.2, 0.25) is 0 Å². The molecule has 0 bridgehead atoms. The summed E-state index contributed by atoms with van der Waals surface area (Å²) in [5, 5.41) is 0. The van der Waals surface area contributed by atoms with E-state index in [9.17, 15) is 9.18 Å². The number of likely N-dealkylation sites (tertiary alicyclic amines) is 1. The van der Waals surface area contributed by atoms with Crippen molar-refractivity contribution < 1.29 is 9.18 Å². The number of anilines is 1. The Bertz CT molecular complexity index is 887. The highest BCUT2D eigenvalue weighted by molar-refractivity contribution is 6.04. The summed E-state index contributed by atoms with van der Waals surface area (Å²) in [6.07, 6.45) is 2.47. The van der Waals surface area contributed by atoms with Crippen LogP contribution in [-0.4, -0.2) is 42.0 Å². The summed E-state index contributed by atoms with van der Waals surface area (Å²) in [7, 11) is 0. The molecule has 0 unspecified atom stereocenters. The van der Waals surface area contributed by atoms with Crippen molar-refractivity contribution in [3.8, 4) is 0 Å². The second-order valence-corrected chi connectivity index (χ2v) is 7.66. The van der Waals surface area contributed by atoms with Gasteiger partial charge >= 0.3 is 6.03 Å². The maximum absolute atomic E-state index is 13.4. The number of carbonyl (C=O) groups is 1. The number of halogens is 1. The summed E-state index contributed by atoms with van der Waals surface area (Å²) in [5.41, 5.74) is 4.63. The molecule has 0 aliphatic carbocycles. The molecule has 0 radical (unpaired) electrons. The molecule has 5 heteroatoms. The Morgan fingerprint density at radius 3 is 2.43 bits per heavy atom. The molecule has 146 valence electrons. The Kier molecular flexibility index (Phi) is 5.18. The monoisotopic (exact) mass is 379 g/mol. The minimum absolute atomic E-state index is 0.0649. The number of fused-ring (bicyclic) bond motifs is 1. The second-order valence-electron chi connectivity index (χ2n) is 7.66. The van der Waals surface area contributed by atoms with Crippen molar-refractivity contribution in [2.45, 2.75) is 26.3 Å². The average Bonchev–Trinajstić information content (AvgIpc) is 3.20. The van der Waals surface area contributed by atoms with Gasteiger partial charge in [0.2, 0.25) is 0 Å². The van der Waals surface area contributed by atoms with E-state index >= 15 is 0 Å². The third-order valence-electron chi connectivity index (χ3n) is 5.63. The molecular weight excluding hydrogens is 353 g/mol. The lowest BCUT2D eigenvalue weighted by molar-refractivity contribution is 0.220. The maximum atomic E-state index is 13.4. The molecule has 2 heterocycles. The minimum Gasteiger partial charge on any atom is -0.302 e. The maximum Gasteiger partial charge on any atom is 0.329 e. The molecule has 2 aliphatic rings. The van der Waals surface area contributed by atoms with E-state index in [1.807, 2.05) is 24.0 Å². The predicted octanol–water partition coefficient (Wildman–Crippen LogP) is 4.64. The van der Waals surface area contributed by atoms with Crippen LogP contribution in [-0.2, 0) is 6.54 Å². The molecule has 0 aromatic heterocycles. The molecule has 28 heavy (non-hydrogen) atoms. The summed E-state index contributed by atoms with van der Waals surface area (Å²) >= 11 is 0. The van der Waals surface area contributed by atoms with Crippen molar-refractivity contribution in [1.29, 1.82) is 0 Å². The van der Waals surface area contributed by atoms with Gasteiger partial charge in [-0.05, 0) is 62.7 Å². The molecule has 4 nitrogen and oxygen atoms in total. The van der Waals surface area contributed by atoms with Crippen molar-refractivity contribution in [2.75, 3.05) is 31.1 Å². The summed E-state index contributed by atoms with van der Waals surface area (Å²) in [4.78, 5) is 19.3. The highest BCUT2D eigenvalue weighted by atomic mass is 19.1. The molecule has 2 aliphatic heterocycles. The lowest BCUT2D eigenvalue weighted by Crippen LogP contribution is -2.48. The molecule has 4 rings (SSSR count). The van der Waals surface area contributed by atoms with Crippen LogP contribution in [0.4, 0.5) is 14.9 Å². The number of rotatable bonds is 5. The van der Waals surface area contributed by atoms with Gasteiger partial charge in [0.25, 0.3) is 0 Å². The highest BCUT2D eigenvalue weighted by Gasteiger charge is 2.33. The van der Waals surface area contributed by atoms with Crippen LogP contribution in [0.1, 0.15) is 29.5 Å². The quantitative estimate of drug-likeness (QED) is 0.756. The lowest BCUT2D eigenvalue weighted by atomic mass is 10.0. The van der Waals surface area contributed by atoms with Crippen molar-refractivity contribution in [3.05, 3.63) is 71.6 Å². The number of urea groups is 1. The first kappa shape index (κ1) is 18.7. The second kappa shape index (κ2) is 7.76. The van der Waals surface area contributed by atoms with Gasteiger partial charge in [-0.1, -0.05) is 30.3 Å².